The molecule has 0 aliphatic carbocycles. The van der Waals surface area contributed by atoms with E-state index in [1.165, 1.54) is 4.31 Å². The van der Waals surface area contributed by atoms with Crippen LogP contribution in [0.1, 0.15) is 38.7 Å². The third-order valence-corrected chi connectivity index (χ3v) is 6.64. The number of piperidine rings is 1. The van der Waals surface area contributed by atoms with Crippen molar-refractivity contribution >= 4 is 15.9 Å². The number of amides is 1. The van der Waals surface area contributed by atoms with Gasteiger partial charge in [-0.1, -0.05) is 13.8 Å². The second-order valence-electron chi connectivity index (χ2n) is 7.31. The molecule has 146 valence electrons. The molecule has 1 aliphatic rings. The number of sulfonamides is 1. The zero-order chi connectivity index (χ0) is 19.3. The van der Waals surface area contributed by atoms with Gasteiger partial charge in [-0.25, -0.2) is 8.42 Å². The second-order valence-corrected chi connectivity index (χ2v) is 9.25. The van der Waals surface area contributed by atoms with Crippen LogP contribution >= 0.6 is 0 Å². The van der Waals surface area contributed by atoms with Crippen LogP contribution < -0.4 is 10.1 Å². The number of carbonyl (C=O) groups excluding carboxylic acids is 1. The summed E-state index contributed by atoms with van der Waals surface area (Å²) in [5.74, 6) is 0.850. The lowest BCUT2D eigenvalue weighted by Gasteiger charge is -2.31. The minimum Gasteiger partial charge on any atom is -0.496 e. The van der Waals surface area contributed by atoms with Crippen molar-refractivity contribution in [3.8, 4) is 5.75 Å². The van der Waals surface area contributed by atoms with Crippen molar-refractivity contribution in [2.75, 3.05) is 26.7 Å². The van der Waals surface area contributed by atoms with Gasteiger partial charge in [0.1, 0.15) is 5.75 Å². The summed E-state index contributed by atoms with van der Waals surface area (Å²) in [7, 11) is -2.05. The van der Waals surface area contributed by atoms with Crippen LogP contribution in [0.2, 0.25) is 0 Å². The van der Waals surface area contributed by atoms with E-state index in [9.17, 15) is 13.2 Å². The average molecular weight is 383 g/mol. The molecule has 1 atom stereocenters. The van der Waals surface area contributed by atoms with Gasteiger partial charge in [-0.05, 0) is 55.9 Å². The van der Waals surface area contributed by atoms with Crippen LogP contribution in [0, 0.1) is 18.8 Å². The van der Waals surface area contributed by atoms with Gasteiger partial charge in [-0.2, -0.15) is 4.31 Å². The van der Waals surface area contributed by atoms with Crippen LogP contribution in [0.3, 0.4) is 0 Å². The average Bonchev–Trinajstić information content (AvgIpc) is 2.61. The maximum Gasteiger partial charge on any atom is 0.243 e. The minimum atomic E-state index is -3.61. The highest BCUT2D eigenvalue weighted by atomic mass is 32.2. The fraction of sp³-hybridized carbons (Fsp3) is 0.632. The lowest BCUT2D eigenvalue weighted by molar-refractivity contribution is -0.126. The molecule has 1 heterocycles. The molecule has 0 aromatic heterocycles. The van der Waals surface area contributed by atoms with E-state index in [1.54, 1.807) is 25.3 Å². The molecular formula is C19H30N2O4S. The quantitative estimate of drug-likeness (QED) is 0.786. The second kappa shape index (κ2) is 8.86. The van der Waals surface area contributed by atoms with E-state index >= 15 is 0 Å². The van der Waals surface area contributed by atoms with E-state index in [2.05, 4.69) is 19.2 Å². The smallest absolute Gasteiger partial charge is 0.243 e. The van der Waals surface area contributed by atoms with Crippen molar-refractivity contribution in [1.82, 2.24) is 9.62 Å². The van der Waals surface area contributed by atoms with E-state index in [4.69, 9.17) is 4.74 Å². The maximum atomic E-state index is 13.0. The molecule has 1 aliphatic heterocycles. The Morgan fingerprint density at radius 1 is 1.38 bits per heavy atom. The fourth-order valence-corrected chi connectivity index (χ4v) is 4.77. The Morgan fingerprint density at radius 3 is 2.73 bits per heavy atom. The zero-order valence-corrected chi connectivity index (χ0v) is 16.9. The number of nitrogens with one attached hydrogen (secondary N) is 1. The zero-order valence-electron chi connectivity index (χ0n) is 16.1. The van der Waals surface area contributed by atoms with Crippen LogP contribution in [0.4, 0.5) is 0 Å². The fourth-order valence-electron chi connectivity index (χ4n) is 3.16. The molecule has 0 saturated carbocycles. The summed E-state index contributed by atoms with van der Waals surface area (Å²) in [5, 5.41) is 2.94. The number of hydrogen-bond acceptors (Lipinski definition) is 4. The Labute approximate surface area is 157 Å². The predicted octanol–water partition coefficient (Wildman–Crippen LogP) is 2.57. The molecule has 0 spiro atoms. The van der Waals surface area contributed by atoms with Gasteiger partial charge in [0, 0.05) is 19.6 Å². The summed E-state index contributed by atoms with van der Waals surface area (Å²) >= 11 is 0. The molecule has 2 rings (SSSR count). The first-order valence-corrected chi connectivity index (χ1v) is 10.6. The number of hydrogen-bond donors (Lipinski definition) is 1. The lowest BCUT2D eigenvalue weighted by atomic mass is 9.98. The Hall–Kier alpha value is -1.60. The molecule has 0 bridgehead atoms. The Kier molecular flexibility index (Phi) is 7.06. The van der Waals surface area contributed by atoms with Crippen LogP contribution in [0.15, 0.2) is 23.1 Å². The molecule has 1 saturated heterocycles. The van der Waals surface area contributed by atoms with Crippen molar-refractivity contribution in [1.29, 1.82) is 0 Å². The molecule has 1 fully saturated rings. The third kappa shape index (κ3) is 4.98. The van der Waals surface area contributed by atoms with Crippen LogP contribution in [0.25, 0.3) is 0 Å². The van der Waals surface area contributed by atoms with Crippen molar-refractivity contribution in [3.63, 3.8) is 0 Å². The lowest BCUT2D eigenvalue weighted by Crippen LogP contribution is -2.45. The first-order valence-electron chi connectivity index (χ1n) is 9.18. The Morgan fingerprint density at radius 2 is 2.12 bits per heavy atom. The summed E-state index contributed by atoms with van der Waals surface area (Å²) < 4.78 is 32.6. The summed E-state index contributed by atoms with van der Waals surface area (Å²) in [6.07, 6.45) is 2.34. The Balaban J connectivity index is 2.07. The largest absolute Gasteiger partial charge is 0.496 e. The molecule has 6 nitrogen and oxygen atoms in total. The summed E-state index contributed by atoms with van der Waals surface area (Å²) in [6, 6.07) is 4.86. The van der Waals surface area contributed by atoms with E-state index in [1.807, 2.05) is 6.92 Å². The van der Waals surface area contributed by atoms with E-state index in [0.717, 1.165) is 18.4 Å². The molecule has 1 aromatic carbocycles. The molecule has 26 heavy (non-hydrogen) atoms. The summed E-state index contributed by atoms with van der Waals surface area (Å²) in [5.41, 5.74) is 0.772. The number of nitrogens with zero attached hydrogens (tertiary/aromatic N) is 1. The first kappa shape index (κ1) is 20.7. The van der Waals surface area contributed by atoms with Gasteiger partial charge < -0.3 is 10.1 Å². The van der Waals surface area contributed by atoms with Gasteiger partial charge in [-0.3, -0.25) is 4.79 Å². The molecule has 7 heteroatoms. The normalized spacial score (nSPS) is 18.7. The SMILES string of the molecule is COc1ccc(S(=O)(=O)N2CCC[C@H](C(=O)NCCC(C)C)C2)cc1C. The maximum absolute atomic E-state index is 13.0. The van der Waals surface area contributed by atoms with Gasteiger partial charge >= 0.3 is 0 Å². The Bertz CT molecular complexity index is 731. The van der Waals surface area contributed by atoms with Gasteiger partial charge in [0.05, 0.1) is 17.9 Å². The number of carbonyl (C=O) groups is 1. The van der Waals surface area contributed by atoms with Crippen LogP contribution in [-0.2, 0) is 14.8 Å². The summed E-state index contributed by atoms with van der Waals surface area (Å²) in [4.78, 5) is 12.6. The van der Waals surface area contributed by atoms with Gasteiger partial charge in [-0.15, -0.1) is 0 Å². The highest BCUT2D eigenvalue weighted by Crippen LogP contribution is 2.27. The van der Waals surface area contributed by atoms with E-state index in [-0.39, 0.29) is 23.3 Å². The highest BCUT2D eigenvalue weighted by molar-refractivity contribution is 7.89. The number of ether oxygens (including phenoxy) is 1. The highest BCUT2D eigenvalue weighted by Gasteiger charge is 2.33. The van der Waals surface area contributed by atoms with Gasteiger partial charge in [0.2, 0.25) is 15.9 Å². The molecule has 1 N–H and O–H groups in total. The van der Waals surface area contributed by atoms with E-state index in [0.29, 0.717) is 31.2 Å². The van der Waals surface area contributed by atoms with Crippen molar-refractivity contribution in [2.24, 2.45) is 11.8 Å². The van der Waals surface area contributed by atoms with Crippen LogP contribution in [-0.4, -0.2) is 45.4 Å². The van der Waals surface area contributed by atoms with E-state index < -0.39 is 10.0 Å². The van der Waals surface area contributed by atoms with Gasteiger partial charge in [0.15, 0.2) is 0 Å². The number of benzene rings is 1. The topological polar surface area (TPSA) is 75.7 Å². The van der Waals surface area contributed by atoms with Gasteiger partial charge in [0.25, 0.3) is 0 Å². The first-order chi connectivity index (χ1) is 12.3. The number of aryl methyl sites for hydroxylation is 1. The monoisotopic (exact) mass is 382 g/mol. The van der Waals surface area contributed by atoms with Crippen LogP contribution in [0.5, 0.6) is 5.75 Å². The molecule has 1 aromatic rings. The summed E-state index contributed by atoms with van der Waals surface area (Å²) in [6.45, 7) is 7.36. The molecule has 0 unspecified atom stereocenters. The van der Waals surface area contributed by atoms with Crippen molar-refractivity contribution < 1.29 is 17.9 Å². The van der Waals surface area contributed by atoms with Crippen molar-refractivity contribution in [2.45, 2.75) is 44.9 Å². The number of methoxy groups -OCH3 is 1. The standard InChI is InChI=1S/C19H30N2O4S/c1-14(2)9-10-20-19(22)16-6-5-11-21(13-16)26(23,24)17-7-8-18(25-4)15(3)12-17/h7-8,12,14,16H,5-6,9-11,13H2,1-4H3,(H,20,22)/t16-/m0/s1. The molecule has 0 radical (unpaired) electrons. The minimum absolute atomic E-state index is 0.0449. The van der Waals surface area contributed by atoms with Crippen molar-refractivity contribution in [3.05, 3.63) is 23.8 Å². The predicted molar refractivity (Wildman–Crippen MR) is 102 cm³/mol. The molecular weight excluding hydrogens is 352 g/mol. The molecule has 1 amide bonds. The number of rotatable bonds is 7. The third-order valence-electron chi connectivity index (χ3n) is 4.78.